The van der Waals surface area contributed by atoms with E-state index in [1.54, 1.807) is 0 Å². The van der Waals surface area contributed by atoms with E-state index in [2.05, 4.69) is 12.1 Å². The van der Waals surface area contributed by atoms with Crippen molar-refractivity contribution in [1.82, 2.24) is 0 Å². The standard InChI is InChI=1S/C22H26O5/c23-21(24)16-18(22(25)26)12-4-1-2-9-15-27-20-14-8-7-13-19(20)17-10-5-3-6-11-17/h3,5-8,10-11,13-14,18H,1-2,4,9,12,15-16H2,(H,23,24)(H,25,26). The van der Waals surface area contributed by atoms with E-state index in [1.807, 2.05) is 42.5 Å². The molecule has 0 aromatic heterocycles. The van der Waals surface area contributed by atoms with E-state index in [9.17, 15) is 9.59 Å². The normalized spacial score (nSPS) is 11.7. The summed E-state index contributed by atoms with van der Waals surface area (Å²) in [5, 5.41) is 17.8. The third kappa shape index (κ3) is 7.13. The predicted molar refractivity (Wildman–Crippen MR) is 104 cm³/mol. The van der Waals surface area contributed by atoms with Crippen LogP contribution in [0.25, 0.3) is 11.1 Å². The van der Waals surface area contributed by atoms with Crippen molar-refractivity contribution >= 4 is 11.9 Å². The third-order valence-electron chi connectivity index (χ3n) is 4.45. The summed E-state index contributed by atoms with van der Waals surface area (Å²) in [7, 11) is 0. The molecule has 0 heterocycles. The van der Waals surface area contributed by atoms with Crippen molar-refractivity contribution in [3.8, 4) is 16.9 Å². The van der Waals surface area contributed by atoms with Gasteiger partial charge in [0.1, 0.15) is 5.75 Å². The molecule has 0 amide bonds. The summed E-state index contributed by atoms with van der Waals surface area (Å²) in [6.45, 7) is 0.599. The van der Waals surface area contributed by atoms with Crippen LogP contribution in [0.5, 0.6) is 5.75 Å². The summed E-state index contributed by atoms with van der Waals surface area (Å²) in [6.07, 6.45) is 3.47. The fraction of sp³-hybridized carbons (Fsp3) is 0.364. The van der Waals surface area contributed by atoms with Gasteiger partial charge in [0.05, 0.1) is 18.9 Å². The molecule has 0 saturated heterocycles. The van der Waals surface area contributed by atoms with E-state index >= 15 is 0 Å². The van der Waals surface area contributed by atoms with Crippen LogP contribution >= 0.6 is 0 Å². The Morgan fingerprint density at radius 2 is 1.52 bits per heavy atom. The van der Waals surface area contributed by atoms with Gasteiger partial charge in [0.25, 0.3) is 0 Å². The van der Waals surface area contributed by atoms with Crippen LogP contribution in [0.1, 0.15) is 38.5 Å². The van der Waals surface area contributed by atoms with Crippen LogP contribution in [-0.2, 0) is 9.59 Å². The van der Waals surface area contributed by atoms with Gasteiger partial charge in [-0.3, -0.25) is 9.59 Å². The highest BCUT2D eigenvalue weighted by Crippen LogP contribution is 2.29. The van der Waals surface area contributed by atoms with Gasteiger partial charge >= 0.3 is 11.9 Å². The first kappa shape index (κ1) is 20.5. The highest BCUT2D eigenvalue weighted by molar-refractivity contribution is 5.77. The Morgan fingerprint density at radius 1 is 0.852 bits per heavy atom. The number of aliphatic carboxylic acids is 2. The summed E-state index contributed by atoms with van der Waals surface area (Å²) >= 11 is 0. The number of ether oxygens (including phenoxy) is 1. The highest BCUT2D eigenvalue weighted by Gasteiger charge is 2.20. The monoisotopic (exact) mass is 370 g/mol. The maximum atomic E-state index is 11.0. The number of hydrogen-bond donors (Lipinski definition) is 2. The van der Waals surface area contributed by atoms with Crippen molar-refractivity contribution in [1.29, 1.82) is 0 Å². The fourth-order valence-electron chi connectivity index (χ4n) is 3.00. The Kier molecular flexibility index (Phi) is 8.36. The molecule has 0 saturated carbocycles. The molecule has 2 N–H and O–H groups in total. The number of hydrogen-bond acceptors (Lipinski definition) is 3. The van der Waals surface area contributed by atoms with E-state index in [0.717, 1.165) is 36.1 Å². The zero-order valence-corrected chi connectivity index (χ0v) is 15.3. The SMILES string of the molecule is O=C(O)CC(CCCCCCOc1ccccc1-c1ccccc1)C(=O)O. The highest BCUT2D eigenvalue weighted by atomic mass is 16.5. The second kappa shape index (κ2) is 11.0. The van der Waals surface area contributed by atoms with Crippen LogP contribution in [0.2, 0.25) is 0 Å². The van der Waals surface area contributed by atoms with Gasteiger partial charge in [-0.1, -0.05) is 67.8 Å². The zero-order chi connectivity index (χ0) is 19.5. The van der Waals surface area contributed by atoms with Crippen LogP contribution in [0.4, 0.5) is 0 Å². The average molecular weight is 370 g/mol. The lowest BCUT2D eigenvalue weighted by Gasteiger charge is -2.12. The van der Waals surface area contributed by atoms with E-state index in [1.165, 1.54) is 0 Å². The minimum Gasteiger partial charge on any atom is -0.493 e. The summed E-state index contributed by atoms with van der Waals surface area (Å²) in [5.41, 5.74) is 2.18. The van der Waals surface area contributed by atoms with E-state index in [0.29, 0.717) is 19.4 Å². The lowest BCUT2D eigenvalue weighted by molar-refractivity contribution is -0.148. The largest absolute Gasteiger partial charge is 0.493 e. The van der Waals surface area contributed by atoms with Crippen LogP contribution in [0.3, 0.4) is 0 Å². The molecule has 0 fully saturated rings. The topological polar surface area (TPSA) is 83.8 Å². The molecule has 0 radical (unpaired) electrons. The molecule has 0 spiro atoms. The van der Waals surface area contributed by atoms with Gasteiger partial charge in [-0.25, -0.2) is 0 Å². The number of unbranched alkanes of at least 4 members (excludes halogenated alkanes) is 3. The summed E-state index contributed by atoms with van der Waals surface area (Å²) < 4.78 is 5.94. The van der Waals surface area contributed by atoms with Gasteiger partial charge in [-0.15, -0.1) is 0 Å². The van der Waals surface area contributed by atoms with Gasteiger partial charge in [0.15, 0.2) is 0 Å². The molecule has 1 unspecified atom stereocenters. The van der Waals surface area contributed by atoms with E-state index in [4.69, 9.17) is 14.9 Å². The molecule has 2 rings (SSSR count). The molecular formula is C22H26O5. The quantitative estimate of drug-likeness (QED) is 0.521. The summed E-state index contributed by atoms with van der Waals surface area (Å²) in [5.74, 6) is -2.03. The molecule has 2 aromatic carbocycles. The van der Waals surface area contributed by atoms with Crippen LogP contribution in [-0.4, -0.2) is 28.8 Å². The number of benzene rings is 2. The minimum absolute atomic E-state index is 0.311. The Bertz CT molecular complexity index is 726. The summed E-state index contributed by atoms with van der Waals surface area (Å²) in [4.78, 5) is 21.7. The average Bonchev–Trinajstić information content (AvgIpc) is 2.67. The van der Waals surface area contributed by atoms with Crippen molar-refractivity contribution in [2.75, 3.05) is 6.61 Å². The lowest BCUT2D eigenvalue weighted by atomic mass is 9.98. The Hall–Kier alpha value is -2.82. The van der Waals surface area contributed by atoms with E-state index in [-0.39, 0.29) is 6.42 Å². The Morgan fingerprint density at radius 3 is 2.22 bits per heavy atom. The number of carbonyl (C=O) groups is 2. The molecule has 1 atom stereocenters. The summed E-state index contributed by atoms with van der Waals surface area (Å²) in [6, 6.07) is 18.0. The van der Waals surface area contributed by atoms with Crippen molar-refractivity contribution in [2.45, 2.75) is 38.5 Å². The molecule has 27 heavy (non-hydrogen) atoms. The Balaban J connectivity index is 1.71. The van der Waals surface area contributed by atoms with Gasteiger partial charge in [0, 0.05) is 5.56 Å². The van der Waals surface area contributed by atoms with Crippen molar-refractivity contribution in [2.24, 2.45) is 5.92 Å². The third-order valence-corrected chi connectivity index (χ3v) is 4.45. The number of carboxylic acids is 2. The maximum absolute atomic E-state index is 11.0. The number of rotatable bonds is 12. The first-order chi connectivity index (χ1) is 13.1. The van der Waals surface area contributed by atoms with Gasteiger partial charge < -0.3 is 14.9 Å². The van der Waals surface area contributed by atoms with Gasteiger partial charge in [0.2, 0.25) is 0 Å². The second-order valence-corrected chi connectivity index (χ2v) is 6.55. The minimum atomic E-state index is -1.06. The Labute approximate surface area is 159 Å². The number of carboxylic acid groups (broad SMARTS) is 2. The first-order valence-electron chi connectivity index (χ1n) is 9.30. The number of para-hydroxylation sites is 1. The smallest absolute Gasteiger partial charge is 0.307 e. The van der Waals surface area contributed by atoms with Gasteiger partial charge in [-0.05, 0) is 24.5 Å². The van der Waals surface area contributed by atoms with Crippen LogP contribution in [0.15, 0.2) is 54.6 Å². The predicted octanol–water partition coefficient (Wildman–Crippen LogP) is 4.86. The molecule has 0 aliphatic rings. The zero-order valence-electron chi connectivity index (χ0n) is 15.3. The molecule has 0 bridgehead atoms. The molecule has 144 valence electrons. The first-order valence-corrected chi connectivity index (χ1v) is 9.30. The van der Waals surface area contributed by atoms with E-state index < -0.39 is 17.9 Å². The molecule has 0 aliphatic carbocycles. The van der Waals surface area contributed by atoms with Crippen molar-refractivity contribution in [3.05, 3.63) is 54.6 Å². The molecule has 5 heteroatoms. The van der Waals surface area contributed by atoms with Crippen LogP contribution < -0.4 is 4.74 Å². The maximum Gasteiger partial charge on any atom is 0.307 e. The molecule has 0 aliphatic heterocycles. The second-order valence-electron chi connectivity index (χ2n) is 6.55. The molecule has 2 aromatic rings. The van der Waals surface area contributed by atoms with Gasteiger partial charge in [-0.2, -0.15) is 0 Å². The fourth-order valence-corrected chi connectivity index (χ4v) is 3.00. The molecule has 5 nitrogen and oxygen atoms in total. The lowest BCUT2D eigenvalue weighted by Crippen LogP contribution is -2.17. The van der Waals surface area contributed by atoms with Crippen molar-refractivity contribution < 1.29 is 24.5 Å². The van der Waals surface area contributed by atoms with Crippen molar-refractivity contribution in [3.63, 3.8) is 0 Å². The molecular weight excluding hydrogens is 344 g/mol. The van der Waals surface area contributed by atoms with Crippen LogP contribution in [0, 0.1) is 5.92 Å².